The van der Waals surface area contributed by atoms with Gasteiger partial charge < -0.3 is 4.90 Å². The first-order valence-corrected chi connectivity index (χ1v) is 15.9. The van der Waals surface area contributed by atoms with Gasteiger partial charge in [-0.2, -0.15) is 0 Å². The van der Waals surface area contributed by atoms with Crippen LogP contribution in [0.5, 0.6) is 0 Å². The number of aromatic nitrogens is 2. The molecule has 222 valence electrons. The highest BCUT2D eigenvalue weighted by atomic mass is 16.6. The number of allylic oxidation sites excluding steroid dienone is 2. The maximum absolute atomic E-state index is 12.2. The Morgan fingerprint density at radius 3 is 2.66 bits per heavy atom. The Hall–Kier alpha value is -2.77. The number of rotatable bonds is 8. The predicted molar refractivity (Wildman–Crippen MR) is 160 cm³/mol. The van der Waals surface area contributed by atoms with Crippen molar-refractivity contribution in [2.24, 2.45) is 40.4 Å². The summed E-state index contributed by atoms with van der Waals surface area (Å²) in [6, 6.07) is 3.52. The molecule has 0 radical (unpaired) electrons. The molecule has 0 amide bonds. The Labute approximate surface area is 243 Å². The summed E-state index contributed by atoms with van der Waals surface area (Å²) in [4.78, 5) is 25.3. The molecule has 0 N–H and O–H groups in total. The second-order valence-corrected chi connectivity index (χ2v) is 14.4. The first-order chi connectivity index (χ1) is 19.5. The van der Waals surface area contributed by atoms with Crippen molar-refractivity contribution >= 4 is 28.2 Å². The highest BCUT2D eigenvalue weighted by Gasteiger charge is 2.59. The van der Waals surface area contributed by atoms with Crippen molar-refractivity contribution in [3.63, 3.8) is 0 Å². The van der Waals surface area contributed by atoms with Crippen LogP contribution in [0.4, 0.5) is 11.4 Å². The normalized spacial score (nSPS) is 34.4. The Bertz CT molecular complexity index is 1370. The third kappa shape index (κ3) is 4.60. The molecule has 1 aromatic heterocycles. The highest BCUT2D eigenvalue weighted by Crippen LogP contribution is 2.67. The summed E-state index contributed by atoms with van der Waals surface area (Å²) in [5.41, 5.74) is 3.53. The highest BCUT2D eigenvalue weighted by molar-refractivity contribution is 5.93. The number of non-ortho nitro benzene ring substituents is 1. The number of carbonyl (C=O) groups excluding carboxylic acids is 1. The number of nitro benzene ring substituents is 1. The minimum Gasteiger partial charge on any atom is -0.370 e. The van der Waals surface area contributed by atoms with Crippen molar-refractivity contribution < 1.29 is 14.3 Å². The number of hydrogen-bond acceptors (Lipinski definition) is 7. The Balaban J connectivity index is 1.08. The molecule has 4 aliphatic rings. The van der Waals surface area contributed by atoms with Crippen LogP contribution in [0.15, 0.2) is 28.4 Å². The lowest BCUT2D eigenvalue weighted by Gasteiger charge is -2.58. The molecule has 3 saturated carbocycles. The van der Waals surface area contributed by atoms with Gasteiger partial charge in [-0.3, -0.25) is 14.9 Å². The van der Waals surface area contributed by atoms with Gasteiger partial charge in [0.15, 0.2) is 5.52 Å². The van der Waals surface area contributed by atoms with E-state index in [4.69, 9.17) is 4.63 Å². The zero-order valence-electron chi connectivity index (χ0n) is 25.4. The molecule has 8 heteroatoms. The number of nitrogens with zero attached hydrogens (tertiary/aromatic N) is 4. The third-order valence-electron chi connectivity index (χ3n) is 12.6. The molecule has 1 unspecified atom stereocenters. The van der Waals surface area contributed by atoms with Gasteiger partial charge in [-0.15, -0.1) is 0 Å². The summed E-state index contributed by atoms with van der Waals surface area (Å²) in [6.07, 6.45) is 15.0. The molecule has 1 aromatic carbocycles. The standard InChI is InChI=1S/C33H46N4O4/c1-20(7-6-8-21(2)36(5)28-13-14-29(37(39)40)31-30(28)34-41-35-31)25-11-12-26-24-10-9-22-19-23(38)15-17-32(22,3)27(24)16-18-33(25,26)4/h9,13-14,20-21,24-27H,6-8,10-12,15-19H2,1-5H3/t20-,21?,24+,25-,26+,27+,32+,33-/m1/s1. The predicted octanol–water partition coefficient (Wildman–Crippen LogP) is 7.91. The summed E-state index contributed by atoms with van der Waals surface area (Å²) in [5, 5.41) is 19.1. The molecule has 0 aliphatic heterocycles. The quantitative estimate of drug-likeness (QED) is 0.183. The molecular formula is C33H46N4O4. The van der Waals surface area contributed by atoms with Crippen LogP contribution < -0.4 is 4.90 Å². The third-order valence-corrected chi connectivity index (χ3v) is 12.6. The van der Waals surface area contributed by atoms with E-state index in [-0.39, 0.29) is 22.7 Å². The zero-order chi connectivity index (χ0) is 29.1. The van der Waals surface area contributed by atoms with E-state index in [2.05, 4.69) is 49.0 Å². The van der Waals surface area contributed by atoms with Crippen LogP contribution in [0.25, 0.3) is 11.0 Å². The number of nitro groups is 1. The second-order valence-electron chi connectivity index (χ2n) is 14.4. The van der Waals surface area contributed by atoms with Gasteiger partial charge in [-0.1, -0.05) is 45.3 Å². The molecule has 8 atom stereocenters. The lowest BCUT2D eigenvalue weighted by Crippen LogP contribution is -2.50. The van der Waals surface area contributed by atoms with E-state index in [9.17, 15) is 14.9 Å². The lowest BCUT2D eigenvalue weighted by atomic mass is 9.47. The molecule has 0 bridgehead atoms. The van der Waals surface area contributed by atoms with Crippen molar-refractivity contribution in [3.05, 3.63) is 33.9 Å². The van der Waals surface area contributed by atoms with Gasteiger partial charge in [0, 0.05) is 32.0 Å². The maximum Gasteiger partial charge on any atom is 0.300 e. The van der Waals surface area contributed by atoms with E-state index >= 15 is 0 Å². The van der Waals surface area contributed by atoms with Crippen LogP contribution >= 0.6 is 0 Å². The average Bonchev–Trinajstić information content (AvgIpc) is 3.57. The number of carbonyl (C=O) groups is 1. The fraction of sp³-hybridized carbons (Fsp3) is 0.727. The van der Waals surface area contributed by atoms with Gasteiger partial charge in [-0.25, -0.2) is 4.63 Å². The van der Waals surface area contributed by atoms with Crippen LogP contribution in [-0.2, 0) is 4.79 Å². The summed E-state index contributed by atoms with van der Waals surface area (Å²) in [5.74, 6) is 4.27. The van der Waals surface area contributed by atoms with Gasteiger partial charge in [0.2, 0.25) is 5.52 Å². The van der Waals surface area contributed by atoms with Crippen LogP contribution in [-0.4, -0.2) is 34.1 Å². The summed E-state index contributed by atoms with van der Waals surface area (Å²) in [7, 11) is 2.02. The van der Waals surface area contributed by atoms with E-state index in [1.807, 2.05) is 7.05 Å². The lowest BCUT2D eigenvalue weighted by molar-refractivity contribution is -0.383. The van der Waals surface area contributed by atoms with Crippen LogP contribution in [0.3, 0.4) is 0 Å². The largest absolute Gasteiger partial charge is 0.370 e. The van der Waals surface area contributed by atoms with Gasteiger partial charge in [-0.05, 0) is 109 Å². The Kier molecular flexibility index (Phi) is 7.26. The number of anilines is 1. The molecule has 1 heterocycles. The summed E-state index contributed by atoms with van der Waals surface area (Å²) < 4.78 is 4.87. The number of ketones is 1. The molecule has 41 heavy (non-hydrogen) atoms. The fourth-order valence-electron chi connectivity index (χ4n) is 10.1. The topological polar surface area (TPSA) is 102 Å². The van der Waals surface area contributed by atoms with Gasteiger partial charge in [0.1, 0.15) is 5.78 Å². The minimum atomic E-state index is -0.442. The summed E-state index contributed by atoms with van der Waals surface area (Å²) >= 11 is 0. The molecule has 4 aliphatic carbocycles. The molecule has 3 fully saturated rings. The Morgan fingerprint density at radius 1 is 1.10 bits per heavy atom. The summed E-state index contributed by atoms with van der Waals surface area (Å²) in [6.45, 7) is 9.81. The molecule has 6 rings (SSSR count). The van der Waals surface area contributed by atoms with Crippen LogP contribution in [0.2, 0.25) is 0 Å². The number of benzene rings is 1. The second kappa shape index (κ2) is 10.5. The van der Waals surface area contributed by atoms with Crippen molar-refractivity contribution in [1.82, 2.24) is 10.3 Å². The first-order valence-electron chi connectivity index (χ1n) is 15.9. The van der Waals surface area contributed by atoms with Crippen molar-refractivity contribution in [1.29, 1.82) is 0 Å². The number of Topliss-reactive ketones (excluding diaryl/α,β-unsaturated/α-hetero) is 1. The SMILES string of the molecule is CC(CCC[C@@H](C)[C@H]1CC[C@H]2[C@@H]3CC=C4CC(=O)CC[C@]4(C)[C@H]3CC[C@]12C)N(C)c1ccc([N+](=O)[O-])c2nonc12. The van der Waals surface area contributed by atoms with Gasteiger partial charge in [0.05, 0.1) is 10.6 Å². The zero-order valence-corrected chi connectivity index (χ0v) is 25.4. The number of fused-ring (bicyclic) bond motifs is 6. The first kappa shape index (κ1) is 28.4. The van der Waals surface area contributed by atoms with E-state index in [1.54, 1.807) is 6.07 Å². The molecule has 8 nitrogen and oxygen atoms in total. The number of hydrogen-bond donors (Lipinski definition) is 0. The van der Waals surface area contributed by atoms with Gasteiger partial charge >= 0.3 is 5.69 Å². The Morgan fingerprint density at radius 2 is 1.88 bits per heavy atom. The smallest absolute Gasteiger partial charge is 0.300 e. The molecule has 0 spiro atoms. The monoisotopic (exact) mass is 562 g/mol. The van der Waals surface area contributed by atoms with E-state index in [1.165, 1.54) is 50.2 Å². The van der Waals surface area contributed by atoms with E-state index < -0.39 is 4.92 Å². The van der Waals surface area contributed by atoms with Crippen molar-refractivity contribution in [2.75, 3.05) is 11.9 Å². The van der Waals surface area contributed by atoms with Crippen molar-refractivity contribution in [3.8, 4) is 0 Å². The van der Waals surface area contributed by atoms with Crippen molar-refractivity contribution in [2.45, 2.75) is 104 Å². The maximum atomic E-state index is 12.2. The van der Waals surface area contributed by atoms with E-state index in [0.717, 1.165) is 55.0 Å². The van der Waals surface area contributed by atoms with Gasteiger partial charge in [0.25, 0.3) is 0 Å². The van der Waals surface area contributed by atoms with E-state index in [0.29, 0.717) is 29.1 Å². The molecule has 0 saturated heterocycles. The average molecular weight is 563 g/mol. The van der Waals surface area contributed by atoms with Crippen LogP contribution in [0, 0.1) is 50.5 Å². The molecule has 2 aromatic rings. The fourth-order valence-corrected chi connectivity index (χ4v) is 10.1. The minimum absolute atomic E-state index is 0.0788. The molecular weight excluding hydrogens is 516 g/mol. The van der Waals surface area contributed by atoms with Crippen LogP contribution in [0.1, 0.15) is 98.3 Å².